The predicted octanol–water partition coefficient (Wildman–Crippen LogP) is 4.74. The SMILES string of the molecule is CC[C@@H](Oc1ccccc1)C(=O)Nc1ccc(C(=O)Nc2ccccc2OC)cc1. The molecule has 3 aromatic rings. The van der Waals surface area contributed by atoms with Gasteiger partial charge in [-0.15, -0.1) is 0 Å². The van der Waals surface area contributed by atoms with Gasteiger partial charge in [0.15, 0.2) is 6.10 Å². The van der Waals surface area contributed by atoms with Gasteiger partial charge in [-0.2, -0.15) is 0 Å². The highest BCUT2D eigenvalue weighted by atomic mass is 16.5. The van der Waals surface area contributed by atoms with Gasteiger partial charge in [-0.25, -0.2) is 0 Å². The number of para-hydroxylation sites is 3. The summed E-state index contributed by atoms with van der Waals surface area (Å²) in [5.74, 6) is 0.713. The van der Waals surface area contributed by atoms with E-state index in [-0.39, 0.29) is 11.8 Å². The van der Waals surface area contributed by atoms with Gasteiger partial charge in [0.05, 0.1) is 12.8 Å². The van der Waals surface area contributed by atoms with E-state index in [0.29, 0.717) is 34.9 Å². The van der Waals surface area contributed by atoms with Crippen LogP contribution in [0.15, 0.2) is 78.9 Å². The normalized spacial score (nSPS) is 11.3. The number of hydrogen-bond acceptors (Lipinski definition) is 4. The standard InChI is InChI=1S/C24H24N2O4/c1-3-21(30-19-9-5-4-6-10-19)24(28)25-18-15-13-17(14-16-18)23(27)26-20-11-7-8-12-22(20)29-2/h4-16,21H,3H2,1-2H3,(H,25,28)(H,26,27)/t21-/m1/s1. The summed E-state index contributed by atoms with van der Waals surface area (Å²) in [5.41, 5.74) is 1.64. The molecule has 0 saturated heterocycles. The Kier molecular flexibility index (Phi) is 7.05. The van der Waals surface area contributed by atoms with E-state index in [4.69, 9.17) is 9.47 Å². The lowest BCUT2D eigenvalue weighted by molar-refractivity contribution is -0.122. The van der Waals surface area contributed by atoms with E-state index in [2.05, 4.69) is 10.6 Å². The molecule has 0 spiro atoms. The molecule has 0 saturated carbocycles. The van der Waals surface area contributed by atoms with Gasteiger partial charge in [-0.3, -0.25) is 9.59 Å². The molecule has 3 rings (SSSR count). The molecular weight excluding hydrogens is 380 g/mol. The highest BCUT2D eigenvalue weighted by Crippen LogP contribution is 2.24. The summed E-state index contributed by atoms with van der Waals surface area (Å²) in [6.07, 6.45) is -0.0824. The first-order valence-electron chi connectivity index (χ1n) is 9.67. The van der Waals surface area contributed by atoms with Crippen LogP contribution in [-0.4, -0.2) is 25.0 Å². The maximum absolute atomic E-state index is 12.5. The number of benzene rings is 3. The molecule has 0 heterocycles. The molecule has 2 N–H and O–H groups in total. The third-order valence-electron chi connectivity index (χ3n) is 4.45. The van der Waals surface area contributed by atoms with Crippen LogP contribution in [0.2, 0.25) is 0 Å². The molecule has 6 heteroatoms. The van der Waals surface area contributed by atoms with Crippen LogP contribution in [0.25, 0.3) is 0 Å². The van der Waals surface area contributed by atoms with Crippen molar-refractivity contribution in [3.63, 3.8) is 0 Å². The zero-order valence-electron chi connectivity index (χ0n) is 16.9. The Morgan fingerprint density at radius 3 is 2.20 bits per heavy atom. The van der Waals surface area contributed by atoms with Gasteiger partial charge in [0.2, 0.25) is 0 Å². The molecule has 0 aliphatic heterocycles. The molecule has 0 aliphatic carbocycles. The van der Waals surface area contributed by atoms with Crippen molar-refractivity contribution in [2.24, 2.45) is 0 Å². The molecule has 0 aromatic heterocycles. The van der Waals surface area contributed by atoms with Crippen molar-refractivity contribution >= 4 is 23.2 Å². The van der Waals surface area contributed by atoms with Crippen LogP contribution >= 0.6 is 0 Å². The topological polar surface area (TPSA) is 76.7 Å². The highest BCUT2D eigenvalue weighted by molar-refractivity contribution is 6.05. The fourth-order valence-electron chi connectivity index (χ4n) is 2.86. The fraction of sp³-hybridized carbons (Fsp3) is 0.167. The fourth-order valence-corrected chi connectivity index (χ4v) is 2.86. The van der Waals surface area contributed by atoms with Crippen LogP contribution in [0.4, 0.5) is 11.4 Å². The van der Waals surface area contributed by atoms with E-state index in [1.54, 1.807) is 43.5 Å². The average Bonchev–Trinajstić information content (AvgIpc) is 2.79. The molecular formula is C24H24N2O4. The lowest BCUT2D eigenvalue weighted by Gasteiger charge is -2.17. The molecule has 0 fully saturated rings. The van der Waals surface area contributed by atoms with Crippen molar-refractivity contribution in [3.05, 3.63) is 84.4 Å². The van der Waals surface area contributed by atoms with E-state index in [1.165, 1.54) is 0 Å². The second-order valence-electron chi connectivity index (χ2n) is 6.55. The quantitative estimate of drug-likeness (QED) is 0.568. The molecule has 6 nitrogen and oxygen atoms in total. The zero-order chi connectivity index (χ0) is 21.3. The van der Waals surface area contributed by atoms with Crippen LogP contribution in [0.1, 0.15) is 23.7 Å². The van der Waals surface area contributed by atoms with Gasteiger partial charge in [0, 0.05) is 11.3 Å². The average molecular weight is 404 g/mol. The van der Waals surface area contributed by atoms with Crippen molar-refractivity contribution in [1.82, 2.24) is 0 Å². The van der Waals surface area contributed by atoms with Crippen LogP contribution in [0.3, 0.4) is 0 Å². The van der Waals surface area contributed by atoms with Crippen molar-refractivity contribution in [3.8, 4) is 11.5 Å². The van der Waals surface area contributed by atoms with Gasteiger partial charge in [0.1, 0.15) is 11.5 Å². The van der Waals surface area contributed by atoms with Gasteiger partial charge >= 0.3 is 0 Å². The molecule has 1 atom stereocenters. The Morgan fingerprint density at radius 2 is 1.53 bits per heavy atom. The summed E-state index contributed by atoms with van der Waals surface area (Å²) >= 11 is 0. The maximum atomic E-state index is 12.5. The second kappa shape index (κ2) is 10.1. The zero-order valence-corrected chi connectivity index (χ0v) is 16.9. The number of nitrogens with one attached hydrogen (secondary N) is 2. The van der Waals surface area contributed by atoms with Gasteiger partial charge in [0.25, 0.3) is 11.8 Å². The van der Waals surface area contributed by atoms with Crippen LogP contribution < -0.4 is 20.1 Å². The van der Waals surface area contributed by atoms with Gasteiger partial charge in [-0.05, 0) is 55.0 Å². The summed E-state index contributed by atoms with van der Waals surface area (Å²) in [6.45, 7) is 1.89. The molecule has 2 amide bonds. The summed E-state index contributed by atoms with van der Waals surface area (Å²) < 4.78 is 11.0. The minimum absolute atomic E-state index is 0.243. The van der Waals surface area contributed by atoms with Gasteiger partial charge < -0.3 is 20.1 Å². The number of methoxy groups -OCH3 is 1. The van der Waals surface area contributed by atoms with Crippen LogP contribution in [0, 0.1) is 0 Å². The molecule has 0 unspecified atom stereocenters. The number of carbonyl (C=O) groups excluding carboxylic acids is 2. The Hall–Kier alpha value is -3.80. The van der Waals surface area contributed by atoms with Crippen LogP contribution in [0.5, 0.6) is 11.5 Å². The molecule has 30 heavy (non-hydrogen) atoms. The Labute approximate surface area is 175 Å². The maximum Gasteiger partial charge on any atom is 0.265 e. The number of rotatable bonds is 8. The van der Waals surface area contributed by atoms with Crippen LogP contribution in [-0.2, 0) is 4.79 Å². The Balaban J connectivity index is 1.62. The second-order valence-corrected chi connectivity index (χ2v) is 6.55. The number of hydrogen-bond donors (Lipinski definition) is 2. The summed E-state index contributed by atoms with van der Waals surface area (Å²) in [4.78, 5) is 25.0. The Bertz CT molecular complexity index is 988. The number of carbonyl (C=O) groups is 2. The monoisotopic (exact) mass is 404 g/mol. The minimum atomic E-state index is -0.610. The number of amides is 2. The lowest BCUT2D eigenvalue weighted by atomic mass is 10.1. The minimum Gasteiger partial charge on any atom is -0.495 e. The van der Waals surface area contributed by atoms with E-state index in [9.17, 15) is 9.59 Å². The third kappa shape index (κ3) is 5.38. The van der Waals surface area contributed by atoms with Crippen molar-refractivity contribution in [2.45, 2.75) is 19.4 Å². The third-order valence-corrected chi connectivity index (χ3v) is 4.45. The van der Waals surface area contributed by atoms with E-state index in [0.717, 1.165) is 0 Å². The summed E-state index contributed by atoms with van der Waals surface area (Å²) in [5, 5.41) is 5.65. The van der Waals surface area contributed by atoms with Crippen molar-refractivity contribution in [1.29, 1.82) is 0 Å². The summed E-state index contributed by atoms with van der Waals surface area (Å²) in [7, 11) is 1.55. The first kappa shape index (κ1) is 20.9. The first-order chi connectivity index (χ1) is 14.6. The van der Waals surface area contributed by atoms with Gasteiger partial charge in [-0.1, -0.05) is 37.3 Å². The van der Waals surface area contributed by atoms with Crippen molar-refractivity contribution < 1.29 is 19.1 Å². The molecule has 0 bridgehead atoms. The largest absolute Gasteiger partial charge is 0.495 e. The Morgan fingerprint density at radius 1 is 0.867 bits per heavy atom. The summed E-state index contributed by atoms with van der Waals surface area (Å²) in [6, 6.07) is 23.1. The predicted molar refractivity (Wildman–Crippen MR) is 117 cm³/mol. The molecule has 0 aliphatic rings. The van der Waals surface area contributed by atoms with E-state index >= 15 is 0 Å². The smallest absolute Gasteiger partial charge is 0.265 e. The molecule has 3 aromatic carbocycles. The molecule has 0 radical (unpaired) electrons. The number of anilines is 2. The molecule has 154 valence electrons. The number of ether oxygens (including phenoxy) is 2. The first-order valence-corrected chi connectivity index (χ1v) is 9.67. The van der Waals surface area contributed by atoms with E-state index in [1.807, 2.05) is 49.4 Å². The van der Waals surface area contributed by atoms with Crippen molar-refractivity contribution in [2.75, 3.05) is 17.7 Å². The highest BCUT2D eigenvalue weighted by Gasteiger charge is 2.18. The van der Waals surface area contributed by atoms with E-state index < -0.39 is 6.10 Å². The lowest BCUT2D eigenvalue weighted by Crippen LogP contribution is -2.32.